The SMILES string of the molecule is CCC=C(C)NCc1ccc(C)cc1C. The lowest BCUT2D eigenvalue weighted by Crippen LogP contribution is -2.11. The highest BCUT2D eigenvalue weighted by molar-refractivity contribution is 5.30. The monoisotopic (exact) mass is 203 g/mol. The van der Waals surface area contributed by atoms with Crippen LogP contribution >= 0.6 is 0 Å². The van der Waals surface area contributed by atoms with Crippen molar-refractivity contribution in [3.05, 3.63) is 46.7 Å². The Hall–Kier alpha value is -1.24. The van der Waals surface area contributed by atoms with Gasteiger partial charge in [-0.05, 0) is 38.3 Å². The minimum Gasteiger partial charge on any atom is -0.385 e. The van der Waals surface area contributed by atoms with Crippen LogP contribution in [0.1, 0.15) is 37.0 Å². The molecule has 0 bridgehead atoms. The summed E-state index contributed by atoms with van der Waals surface area (Å²) in [5.74, 6) is 0. The standard InChI is InChI=1S/C14H21N/c1-5-6-13(4)15-10-14-8-7-11(2)9-12(14)3/h6-9,15H,5,10H2,1-4H3. The zero-order chi connectivity index (χ0) is 11.3. The maximum absolute atomic E-state index is 3.42. The van der Waals surface area contributed by atoms with Crippen LogP contribution in [0.5, 0.6) is 0 Å². The summed E-state index contributed by atoms with van der Waals surface area (Å²) in [5, 5.41) is 3.42. The van der Waals surface area contributed by atoms with Gasteiger partial charge in [0, 0.05) is 12.2 Å². The van der Waals surface area contributed by atoms with Crippen molar-refractivity contribution in [2.24, 2.45) is 0 Å². The maximum Gasteiger partial charge on any atom is 0.0400 e. The Morgan fingerprint density at radius 1 is 1.33 bits per heavy atom. The molecular formula is C14H21N. The summed E-state index contributed by atoms with van der Waals surface area (Å²) in [6, 6.07) is 6.61. The Kier molecular flexibility index (Phi) is 4.41. The molecule has 0 radical (unpaired) electrons. The third-order valence-electron chi connectivity index (χ3n) is 2.57. The average Bonchev–Trinajstić information content (AvgIpc) is 2.17. The number of benzene rings is 1. The summed E-state index contributed by atoms with van der Waals surface area (Å²) < 4.78 is 0. The molecule has 0 saturated heterocycles. The Balaban J connectivity index is 2.62. The predicted octanol–water partition coefficient (Wildman–Crippen LogP) is 3.71. The molecule has 1 heteroatoms. The zero-order valence-electron chi connectivity index (χ0n) is 10.2. The van der Waals surface area contributed by atoms with E-state index >= 15 is 0 Å². The number of rotatable bonds is 4. The van der Waals surface area contributed by atoms with Crippen LogP contribution in [-0.4, -0.2) is 0 Å². The molecule has 0 aromatic heterocycles. The molecular weight excluding hydrogens is 182 g/mol. The fraction of sp³-hybridized carbons (Fsp3) is 0.429. The zero-order valence-corrected chi connectivity index (χ0v) is 10.2. The summed E-state index contributed by atoms with van der Waals surface area (Å²) >= 11 is 0. The van der Waals surface area contributed by atoms with Crippen LogP contribution in [0.25, 0.3) is 0 Å². The van der Waals surface area contributed by atoms with Crippen LogP contribution in [-0.2, 0) is 6.54 Å². The number of aryl methyl sites for hydroxylation is 2. The summed E-state index contributed by atoms with van der Waals surface area (Å²) in [5.41, 5.74) is 5.34. The van der Waals surface area contributed by atoms with Crippen molar-refractivity contribution < 1.29 is 0 Å². The topological polar surface area (TPSA) is 12.0 Å². The molecule has 0 amide bonds. The van der Waals surface area contributed by atoms with Gasteiger partial charge in [-0.15, -0.1) is 0 Å². The molecule has 0 heterocycles. The van der Waals surface area contributed by atoms with Crippen LogP contribution in [0.15, 0.2) is 30.0 Å². The van der Waals surface area contributed by atoms with Crippen molar-refractivity contribution in [1.29, 1.82) is 0 Å². The summed E-state index contributed by atoms with van der Waals surface area (Å²) in [4.78, 5) is 0. The third kappa shape index (κ3) is 3.78. The lowest BCUT2D eigenvalue weighted by Gasteiger charge is -2.09. The second-order valence-electron chi connectivity index (χ2n) is 4.08. The highest BCUT2D eigenvalue weighted by atomic mass is 14.9. The van der Waals surface area contributed by atoms with Crippen molar-refractivity contribution in [3.63, 3.8) is 0 Å². The number of hydrogen-bond donors (Lipinski definition) is 1. The van der Waals surface area contributed by atoms with E-state index in [1.54, 1.807) is 0 Å². The molecule has 1 nitrogen and oxygen atoms in total. The molecule has 1 N–H and O–H groups in total. The van der Waals surface area contributed by atoms with Crippen molar-refractivity contribution in [2.75, 3.05) is 0 Å². The highest BCUT2D eigenvalue weighted by Crippen LogP contribution is 2.10. The van der Waals surface area contributed by atoms with Crippen LogP contribution in [0.3, 0.4) is 0 Å². The van der Waals surface area contributed by atoms with E-state index in [1.807, 2.05) is 0 Å². The molecule has 1 aromatic rings. The first-order chi connectivity index (χ1) is 7.13. The molecule has 0 aliphatic rings. The van der Waals surface area contributed by atoms with Gasteiger partial charge in [0.15, 0.2) is 0 Å². The molecule has 0 atom stereocenters. The minimum absolute atomic E-state index is 0.925. The van der Waals surface area contributed by atoms with E-state index in [0.29, 0.717) is 0 Å². The van der Waals surface area contributed by atoms with Gasteiger partial charge in [0.25, 0.3) is 0 Å². The van der Waals surface area contributed by atoms with Gasteiger partial charge < -0.3 is 5.32 Å². The van der Waals surface area contributed by atoms with Crippen LogP contribution in [0.2, 0.25) is 0 Å². The van der Waals surface area contributed by atoms with Crippen LogP contribution < -0.4 is 5.32 Å². The highest BCUT2D eigenvalue weighted by Gasteiger charge is 1.97. The molecule has 0 aliphatic heterocycles. The molecule has 1 aromatic carbocycles. The first-order valence-corrected chi connectivity index (χ1v) is 5.60. The fourth-order valence-corrected chi connectivity index (χ4v) is 1.66. The molecule has 0 aliphatic carbocycles. The molecule has 0 spiro atoms. The lowest BCUT2D eigenvalue weighted by atomic mass is 10.1. The van der Waals surface area contributed by atoms with E-state index in [4.69, 9.17) is 0 Å². The Morgan fingerprint density at radius 2 is 2.07 bits per heavy atom. The summed E-state index contributed by atoms with van der Waals surface area (Å²) in [6.45, 7) is 9.50. The van der Waals surface area contributed by atoms with Gasteiger partial charge in [-0.2, -0.15) is 0 Å². The normalized spacial score (nSPS) is 11.6. The summed E-state index contributed by atoms with van der Waals surface area (Å²) in [7, 11) is 0. The second kappa shape index (κ2) is 5.59. The Bertz CT molecular complexity index is 350. The Labute approximate surface area is 93.2 Å². The third-order valence-corrected chi connectivity index (χ3v) is 2.57. The maximum atomic E-state index is 3.42. The quantitative estimate of drug-likeness (QED) is 0.786. The lowest BCUT2D eigenvalue weighted by molar-refractivity contribution is 0.799. The van der Waals surface area contributed by atoms with E-state index < -0.39 is 0 Å². The van der Waals surface area contributed by atoms with Gasteiger partial charge in [-0.1, -0.05) is 36.8 Å². The molecule has 1 rings (SSSR count). The summed E-state index contributed by atoms with van der Waals surface area (Å²) in [6.07, 6.45) is 3.30. The molecule has 82 valence electrons. The fourth-order valence-electron chi connectivity index (χ4n) is 1.66. The first kappa shape index (κ1) is 11.8. The van der Waals surface area contributed by atoms with E-state index in [9.17, 15) is 0 Å². The van der Waals surface area contributed by atoms with E-state index in [0.717, 1.165) is 13.0 Å². The van der Waals surface area contributed by atoms with Crippen molar-refractivity contribution in [1.82, 2.24) is 5.32 Å². The van der Waals surface area contributed by atoms with Crippen LogP contribution in [0, 0.1) is 13.8 Å². The Morgan fingerprint density at radius 3 is 2.67 bits per heavy atom. The molecule has 0 fully saturated rings. The first-order valence-electron chi connectivity index (χ1n) is 5.60. The van der Waals surface area contributed by atoms with E-state index in [1.165, 1.54) is 22.4 Å². The molecule has 15 heavy (non-hydrogen) atoms. The second-order valence-corrected chi connectivity index (χ2v) is 4.08. The van der Waals surface area contributed by atoms with Crippen LogP contribution in [0.4, 0.5) is 0 Å². The van der Waals surface area contributed by atoms with Crippen molar-refractivity contribution >= 4 is 0 Å². The van der Waals surface area contributed by atoms with Gasteiger partial charge in [0.1, 0.15) is 0 Å². The largest absolute Gasteiger partial charge is 0.385 e. The van der Waals surface area contributed by atoms with Gasteiger partial charge >= 0.3 is 0 Å². The van der Waals surface area contributed by atoms with E-state index in [2.05, 4.69) is 57.3 Å². The van der Waals surface area contributed by atoms with Gasteiger partial charge in [0.05, 0.1) is 0 Å². The predicted molar refractivity (Wildman–Crippen MR) is 66.8 cm³/mol. The average molecular weight is 203 g/mol. The van der Waals surface area contributed by atoms with Gasteiger partial charge in [-0.3, -0.25) is 0 Å². The van der Waals surface area contributed by atoms with Gasteiger partial charge in [-0.25, -0.2) is 0 Å². The van der Waals surface area contributed by atoms with Crippen molar-refractivity contribution in [2.45, 2.75) is 40.7 Å². The smallest absolute Gasteiger partial charge is 0.0400 e. The number of allylic oxidation sites excluding steroid dienone is 2. The minimum atomic E-state index is 0.925. The molecule has 0 unspecified atom stereocenters. The molecule has 0 saturated carbocycles. The number of hydrogen-bond acceptors (Lipinski definition) is 1. The van der Waals surface area contributed by atoms with Gasteiger partial charge in [0.2, 0.25) is 0 Å². The number of nitrogens with one attached hydrogen (secondary N) is 1. The van der Waals surface area contributed by atoms with E-state index in [-0.39, 0.29) is 0 Å². The van der Waals surface area contributed by atoms with Crippen molar-refractivity contribution in [3.8, 4) is 0 Å².